The summed E-state index contributed by atoms with van der Waals surface area (Å²) >= 11 is 0. The van der Waals surface area contributed by atoms with Gasteiger partial charge in [0.1, 0.15) is 6.29 Å². The first-order chi connectivity index (χ1) is 10.1. The van der Waals surface area contributed by atoms with Gasteiger partial charge in [-0.2, -0.15) is 0 Å². The second-order valence-corrected chi connectivity index (χ2v) is 4.53. The molecule has 0 radical (unpaired) electrons. The van der Waals surface area contributed by atoms with Crippen molar-refractivity contribution in [1.82, 2.24) is 16.0 Å². The van der Waals surface area contributed by atoms with E-state index in [0.29, 0.717) is 25.1 Å². The molecule has 0 spiro atoms. The number of hydrogen-bond acceptors (Lipinski definition) is 3. The Balaban J connectivity index is 2.55. The van der Waals surface area contributed by atoms with E-state index >= 15 is 0 Å². The van der Waals surface area contributed by atoms with Gasteiger partial charge in [-0.1, -0.05) is 19.1 Å². The van der Waals surface area contributed by atoms with Crippen LogP contribution in [0.2, 0.25) is 0 Å². The van der Waals surface area contributed by atoms with Crippen LogP contribution in [0, 0.1) is 0 Å². The van der Waals surface area contributed by atoms with Gasteiger partial charge in [0.25, 0.3) is 5.91 Å². The third kappa shape index (κ3) is 5.64. The van der Waals surface area contributed by atoms with Crippen LogP contribution in [0.4, 0.5) is 4.79 Å². The topological polar surface area (TPSA) is 87.3 Å². The summed E-state index contributed by atoms with van der Waals surface area (Å²) in [6.07, 6.45) is 1.28. The molecule has 114 valence electrons. The van der Waals surface area contributed by atoms with E-state index in [9.17, 15) is 14.4 Å². The predicted molar refractivity (Wildman–Crippen MR) is 80.0 cm³/mol. The zero-order valence-corrected chi connectivity index (χ0v) is 12.3. The highest BCUT2D eigenvalue weighted by atomic mass is 16.2. The second-order valence-electron chi connectivity index (χ2n) is 4.53. The molecule has 0 unspecified atom stereocenters. The van der Waals surface area contributed by atoms with Gasteiger partial charge in [0.2, 0.25) is 0 Å². The monoisotopic (exact) mass is 291 g/mol. The van der Waals surface area contributed by atoms with Gasteiger partial charge < -0.3 is 20.7 Å². The van der Waals surface area contributed by atoms with Crippen LogP contribution in [-0.2, 0) is 11.3 Å². The molecule has 0 bridgehead atoms. The number of nitrogens with one attached hydrogen (secondary N) is 3. The van der Waals surface area contributed by atoms with Gasteiger partial charge in [0.05, 0.1) is 6.04 Å². The lowest BCUT2D eigenvalue weighted by Crippen LogP contribution is -2.35. The maximum atomic E-state index is 11.9. The van der Waals surface area contributed by atoms with E-state index in [2.05, 4.69) is 16.0 Å². The summed E-state index contributed by atoms with van der Waals surface area (Å²) < 4.78 is 0. The minimum atomic E-state index is -0.461. The quantitative estimate of drug-likeness (QED) is 0.660. The molecule has 0 aliphatic heterocycles. The first-order valence-corrected chi connectivity index (χ1v) is 6.97. The van der Waals surface area contributed by atoms with Gasteiger partial charge in [0.15, 0.2) is 0 Å². The van der Waals surface area contributed by atoms with E-state index in [-0.39, 0.29) is 11.9 Å². The van der Waals surface area contributed by atoms with Gasteiger partial charge in [-0.3, -0.25) is 4.79 Å². The van der Waals surface area contributed by atoms with Crippen molar-refractivity contribution in [3.8, 4) is 0 Å². The van der Waals surface area contributed by atoms with E-state index < -0.39 is 6.04 Å². The predicted octanol–water partition coefficient (Wildman–Crippen LogP) is 1.21. The van der Waals surface area contributed by atoms with Crippen molar-refractivity contribution in [1.29, 1.82) is 0 Å². The Morgan fingerprint density at radius 1 is 1.14 bits per heavy atom. The molecule has 6 nitrogen and oxygen atoms in total. The Morgan fingerprint density at radius 3 is 2.33 bits per heavy atom. The summed E-state index contributed by atoms with van der Waals surface area (Å²) in [5, 5.41) is 7.97. The van der Waals surface area contributed by atoms with Crippen molar-refractivity contribution >= 4 is 18.2 Å². The molecule has 1 aromatic rings. The lowest BCUT2D eigenvalue weighted by Gasteiger charge is -2.11. The molecular formula is C15H21N3O3. The van der Waals surface area contributed by atoms with Crippen LogP contribution >= 0.6 is 0 Å². The molecule has 1 rings (SSSR count). The van der Waals surface area contributed by atoms with Gasteiger partial charge >= 0.3 is 6.03 Å². The molecular weight excluding hydrogens is 270 g/mol. The molecule has 3 amide bonds. The fourth-order valence-corrected chi connectivity index (χ4v) is 1.66. The van der Waals surface area contributed by atoms with Crippen LogP contribution < -0.4 is 16.0 Å². The van der Waals surface area contributed by atoms with Crippen LogP contribution in [0.15, 0.2) is 24.3 Å². The van der Waals surface area contributed by atoms with Gasteiger partial charge in [-0.25, -0.2) is 4.79 Å². The van der Waals surface area contributed by atoms with Crippen LogP contribution in [0.3, 0.4) is 0 Å². The van der Waals surface area contributed by atoms with Crippen LogP contribution in [-0.4, -0.2) is 30.8 Å². The number of amides is 3. The smallest absolute Gasteiger partial charge is 0.315 e. The van der Waals surface area contributed by atoms with Crippen LogP contribution in [0.25, 0.3) is 0 Å². The molecule has 21 heavy (non-hydrogen) atoms. The van der Waals surface area contributed by atoms with E-state index in [0.717, 1.165) is 11.8 Å². The number of benzene rings is 1. The zero-order chi connectivity index (χ0) is 15.7. The molecule has 0 saturated carbocycles. The number of carbonyl (C=O) groups excluding carboxylic acids is 3. The van der Waals surface area contributed by atoms with Gasteiger partial charge in [0, 0.05) is 18.7 Å². The Bertz CT molecular complexity index is 485. The largest absolute Gasteiger partial charge is 0.343 e. The van der Waals surface area contributed by atoms with Crippen LogP contribution in [0.1, 0.15) is 36.2 Å². The summed E-state index contributed by atoms with van der Waals surface area (Å²) in [5.74, 6) is -0.280. The van der Waals surface area contributed by atoms with E-state index in [1.807, 2.05) is 13.8 Å². The third-order valence-corrected chi connectivity index (χ3v) is 2.93. The average molecular weight is 291 g/mol. The van der Waals surface area contributed by atoms with Crippen molar-refractivity contribution in [2.24, 2.45) is 0 Å². The third-order valence-electron chi connectivity index (χ3n) is 2.93. The summed E-state index contributed by atoms with van der Waals surface area (Å²) in [6.45, 7) is 4.63. The van der Waals surface area contributed by atoms with Crippen molar-refractivity contribution < 1.29 is 14.4 Å². The molecule has 1 atom stereocenters. The average Bonchev–Trinajstić information content (AvgIpc) is 2.51. The molecule has 0 aliphatic carbocycles. The highest BCUT2D eigenvalue weighted by Gasteiger charge is 2.11. The summed E-state index contributed by atoms with van der Waals surface area (Å²) in [4.78, 5) is 33.8. The number of rotatable bonds is 7. The highest BCUT2D eigenvalue weighted by Crippen LogP contribution is 2.05. The maximum Gasteiger partial charge on any atom is 0.315 e. The summed E-state index contributed by atoms with van der Waals surface area (Å²) in [5.41, 5.74) is 1.37. The van der Waals surface area contributed by atoms with Gasteiger partial charge in [-0.05, 0) is 31.0 Å². The van der Waals surface area contributed by atoms with Crippen molar-refractivity contribution in [3.05, 3.63) is 35.4 Å². The molecule has 3 N–H and O–H groups in total. The highest BCUT2D eigenvalue weighted by molar-refractivity contribution is 5.95. The zero-order valence-electron chi connectivity index (χ0n) is 12.3. The fraction of sp³-hybridized carbons (Fsp3) is 0.400. The fourth-order valence-electron chi connectivity index (χ4n) is 1.66. The molecule has 1 aromatic carbocycles. The Hall–Kier alpha value is -2.37. The lowest BCUT2D eigenvalue weighted by atomic mass is 10.1. The minimum absolute atomic E-state index is 0.226. The van der Waals surface area contributed by atoms with Crippen LogP contribution in [0.5, 0.6) is 0 Å². The van der Waals surface area contributed by atoms with Gasteiger partial charge in [-0.15, -0.1) is 0 Å². The van der Waals surface area contributed by atoms with Crippen molar-refractivity contribution in [2.75, 3.05) is 6.54 Å². The SMILES string of the molecule is CCNC(=O)NCc1ccc(C(=O)N[C@H](C=O)CC)cc1. The van der Waals surface area contributed by atoms with E-state index in [1.54, 1.807) is 24.3 Å². The summed E-state index contributed by atoms with van der Waals surface area (Å²) in [6, 6.07) is 6.18. The van der Waals surface area contributed by atoms with Crippen molar-refractivity contribution in [2.45, 2.75) is 32.9 Å². The summed E-state index contributed by atoms with van der Waals surface area (Å²) in [7, 11) is 0. The number of hydrogen-bond donors (Lipinski definition) is 3. The number of carbonyl (C=O) groups is 3. The van der Waals surface area contributed by atoms with E-state index in [4.69, 9.17) is 0 Å². The Morgan fingerprint density at radius 2 is 1.81 bits per heavy atom. The molecule has 0 heterocycles. The number of urea groups is 1. The van der Waals surface area contributed by atoms with E-state index in [1.165, 1.54) is 0 Å². The Labute approximate surface area is 124 Å². The maximum absolute atomic E-state index is 11.9. The molecule has 0 aromatic heterocycles. The Kier molecular flexibility index (Phi) is 6.94. The lowest BCUT2D eigenvalue weighted by molar-refractivity contribution is -0.109. The number of aldehydes is 1. The second kappa shape index (κ2) is 8.73. The normalized spacial score (nSPS) is 11.3. The first kappa shape index (κ1) is 16.7. The van der Waals surface area contributed by atoms with Crippen molar-refractivity contribution in [3.63, 3.8) is 0 Å². The molecule has 0 aliphatic rings. The molecule has 6 heteroatoms. The minimum Gasteiger partial charge on any atom is -0.343 e. The standard InChI is InChI=1S/C15H21N3O3/c1-3-13(10-19)18-14(20)12-7-5-11(6-8-12)9-17-15(21)16-4-2/h5-8,10,13H,3-4,9H2,1-2H3,(H,18,20)(H2,16,17,21)/t13-/m0/s1. The first-order valence-electron chi connectivity index (χ1n) is 6.97. The molecule has 0 saturated heterocycles. The molecule has 0 fully saturated rings.